The van der Waals surface area contributed by atoms with Crippen molar-refractivity contribution in [3.05, 3.63) is 11.9 Å². The Morgan fingerprint density at radius 1 is 1.47 bits per heavy atom. The van der Waals surface area contributed by atoms with Gasteiger partial charge in [-0.3, -0.25) is 0 Å². The number of aromatic nitrogens is 3. The highest BCUT2D eigenvalue weighted by Crippen LogP contribution is 2.06. The van der Waals surface area contributed by atoms with Crippen LogP contribution in [-0.4, -0.2) is 44.5 Å². The maximum absolute atomic E-state index is 9.67. The van der Waals surface area contributed by atoms with Gasteiger partial charge in [-0.15, -0.1) is 5.10 Å². The molecule has 1 rings (SSSR count). The Kier molecular flexibility index (Phi) is 6.10. The normalized spacial score (nSPS) is 14.8. The van der Waals surface area contributed by atoms with Gasteiger partial charge in [0.2, 0.25) is 0 Å². The molecule has 98 valence electrons. The van der Waals surface area contributed by atoms with Crippen LogP contribution in [0, 0.1) is 0 Å². The minimum Gasteiger partial charge on any atom is -0.389 e. The molecule has 0 aromatic carbocycles. The lowest BCUT2D eigenvalue weighted by Crippen LogP contribution is -2.22. The molecule has 2 atom stereocenters. The highest BCUT2D eigenvalue weighted by molar-refractivity contribution is 4.95. The topological polar surface area (TPSA) is 80.4 Å². The zero-order valence-electron chi connectivity index (χ0n) is 10.4. The van der Waals surface area contributed by atoms with Crippen molar-refractivity contribution in [3.63, 3.8) is 0 Å². The van der Waals surface area contributed by atoms with Crippen molar-refractivity contribution in [3.8, 4) is 0 Å². The van der Waals surface area contributed by atoms with Gasteiger partial charge in [0.25, 0.3) is 0 Å². The zero-order chi connectivity index (χ0) is 12.7. The second-order valence-corrected chi connectivity index (χ2v) is 4.12. The predicted octanol–water partition coefficient (Wildman–Crippen LogP) is 0.509. The van der Waals surface area contributed by atoms with Gasteiger partial charge in [-0.25, -0.2) is 4.68 Å². The first kappa shape index (κ1) is 14.1. The predicted molar refractivity (Wildman–Crippen MR) is 62.4 cm³/mol. The zero-order valence-corrected chi connectivity index (χ0v) is 10.4. The van der Waals surface area contributed by atoms with Gasteiger partial charge < -0.3 is 14.9 Å². The van der Waals surface area contributed by atoms with E-state index in [4.69, 9.17) is 4.74 Å². The summed E-state index contributed by atoms with van der Waals surface area (Å²) in [4.78, 5) is 0. The fourth-order valence-electron chi connectivity index (χ4n) is 1.33. The van der Waals surface area contributed by atoms with Crippen molar-refractivity contribution in [2.45, 2.75) is 45.4 Å². The van der Waals surface area contributed by atoms with Gasteiger partial charge in [-0.1, -0.05) is 18.6 Å². The lowest BCUT2D eigenvalue weighted by Gasteiger charge is -2.10. The van der Waals surface area contributed by atoms with E-state index in [0.717, 1.165) is 12.8 Å². The number of ether oxygens (including phenoxy) is 1. The largest absolute Gasteiger partial charge is 0.389 e. The standard InChI is InChI=1S/C11H21N3O3/c1-3-4-5-17-8-10(16)6-14-7-11(9(2)15)12-13-14/h7,9-10,15-16H,3-6,8H2,1-2H3. The molecule has 6 heteroatoms. The molecule has 2 unspecified atom stereocenters. The van der Waals surface area contributed by atoms with E-state index in [0.29, 0.717) is 25.5 Å². The minimum atomic E-state index is -0.637. The number of aliphatic hydroxyl groups is 2. The quantitative estimate of drug-likeness (QED) is 0.650. The van der Waals surface area contributed by atoms with E-state index in [1.807, 2.05) is 0 Å². The molecule has 0 saturated heterocycles. The van der Waals surface area contributed by atoms with Gasteiger partial charge in [0.05, 0.1) is 31.6 Å². The number of rotatable bonds is 8. The summed E-state index contributed by atoms with van der Waals surface area (Å²) in [7, 11) is 0. The molecule has 1 heterocycles. The van der Waals surface area contributed by atoms with Crippen molar-refractivity contribution >= 4 is 0 Å². The molecule has 0 fully saturated rings. The van der Waals surface area contributed by atoms with E-state index in [1.165, 1.54) is 4.68 Å². The van der Waals surface area contributed by atoms with Gasteiger partial charge >= 0.3 is 0 Å². The first-order chi connectivity index (χ1) is 8.13. The van der Waals surface area contributed by atoms with Crippen LogP contribution in [0.25, 0.3) is 0 Å². The lowest BCUT2D eigenvalue weighted by molar-refractivity contribution is 0.0251. The van der Waals surface area contributed by atoms with Crippen molar-refractivity contribution in [2.75, 3.05) is 13.2 Å². The van der Waals surface area contributed by atoms with Crippen LogP contribution in [0.15, 0.2) is 6.20 Å². The van der Waals surface area contributed by atoms with Crippen LogP contribution in [0.1, 0.15) is 38.5 Å². The smallest absolute Gasteiger partial charge is 0.111 e. The summed E-state index contributed by atoms with van der Waals surface area (Å²) >= 11 is 0. The fraction of sp³-hybridized carbons (Fsp3) is 0.818. The highest BCUT2D eigenvalue weighted by atomic mass is 16.5. The molecular weight excluding hydrogens is 222 g/mol. The summed E-state index contributed by atoms with van der Waals surface area (Å²) in [6.45, 7) is 5.00. The van der Waals surface area contributed by atoms with E-state index >= 15 is 0 Å². The molecule has 0 aliphatic rings. The first-order valence-corrected chi connectivity index (χ1v) is 5.97. The molecule has 1 aromatic rings. The Balaban J connectivity index is 2.27. The van der Waals surface area contributed by atoms with Crippen molar-refractivity contribution < 1.29 is 14.9 Å². The Bertz CT molecular complexity index is 315. The molecular formula is C11H21N3O3. The number of hydrogen-bond donors (Lipinski definition) is 2. The molecule has 17 heavy (non-hydrogen) atoms. The second-order valence-electron chi connectivity index (χ2n) is 4.12. The summed E-state index contributed by atoms with van der Waals surface area (Å²) in [5.41, 5.74) is 0.504. The van der Waals surface area contributed by atoms with Crippen LogP contribution < -0.4 is 0 Å². The molecule has 0 aliphatic carbocycles. The maximum atomic E-state index is 9.67. The Morgan fingerprint density at radius 3 is 2.82 bits per heavy atom. The number of hydrogen-bond acceptors (Lipinski definition) is 5. The average molecular weight is 243 g/mol. The van der Waals surface area contributed by atoms with Gasteiger partial charge in [-0.05, 0) is 13.3 Å². The summed E-state index contributed by atoms with van der Waals surface area (Å²) in [6, 6.07) is 0. The van der Waals surface area contributed by atoms with E-state index in [1.54, 1.807) is 13.1 Å². The van der Waals surface area contributed by atoms with E-state index < -0.39 is 12.2 Å². The maximum Gasteiger partial charge on any atom is 0.111 e. The van der Waals surface area contributed by atoms with Gasteiger partial charge in [0, 0.05) is 6.61 Å². The monoisotopic (exact) mass is 243 g/mol. The minimum absolute atomic E-state index is 0.296. The summed E-state index contributed by atoms with van der Waals surface area (Å²) < 4.78 is 6.81. The molecule has 1 aromatic heterocycles. The number of nitrogens with zero attached hydrogens (tertiary/aromatic N) is 3. The SMILES string of the molecule is CCCCOCC(O)Cn1cc(C(C)O)nn1. The van der Waals surface area contributed by atoms with Crippen molar-refractivity contribution in [2.24, 2.45) is 0 Å². The third-order valence-electron chi connectivity index (χ3n) is 2.33. The average Bonchev–Trinajstić information content (AvgIpc) is 2.73. The van der Waals surface area contributed by atoms with Crippen LogP contribution >= 0.6 is 0 Å². The number of unbranched alkanes of at least 4 members (excludes halogenated alkanes) is 1. The van der Waals surface area contributed by atoms with Gasteiger partial charge in [-0.2, -0.15) is 0 Å². The molecule has 0 saturated carbocycles. The molecule has 0 aliphatic heterocycles. The second kappa shape index (κ2) is 7.37. The highest BCUT2D eigenvalue weighted by Gasteiger charge is 2.10. The van der Waals surface area contributed by atoms with Crippen LogP contribution in [0.3, 0.4) is 0 Å². The molecule has 6 nitrogen and oxygen atoms in total. The van der Waals surface area contributed by atoms with Crippen molar-refractivity contribution in [1.29, 1.82) is 0 Å². The number of aliphatic hydroxyl groups excluding tert-OH is 2. The van der Waals surface area contributed by atoms with E-state index in [-0.39, 0.29) is 0 Å². The Hall–Kier alpha value is -0.980. The first-order valence-electron chi connectivity index (χ1n) is 5.97. The van der Waals surface area contributed by atoms with Gasteiger partial charge in [0.15, 0.2) is 0 Å². The molecule has 0 radical (unpaired) electrons. The van der Waals surface area contributed by atoms with Crippen LogP contribution in [0.4, 0.5) is 0 Å². The fourth-order valence-corrected chi connectivity index (χ4v) is 1.33. The van der Waals surface area contributed by atoms with Crippen molar-refractivity contribution in [1.82, 2.24) is 15.0 Å². The van der Waals surface area contributed by atoms with E-state index in [2.05, 4.69) is 17.2 Å². The Morgan fingerprint density at radius 2 is 2.24 bits per heavy atom. The third-order valence-corrected chi connectivity index (χ3v) is 2.33. The summed E-state index contributed by atoms with van der Waals surface area (Å²) in [5, 5.41) is 26.5. The van der Waals surface area contributed by atoms with Crippen LogP contribution in [0.2, 0.25) is 0 Å². The molecule has 0 spiro atoms. The Labute approximate surface area is 101 Å². The third kappa shape index (κ3) is 5.25. The lowest BCUT2D eigenvalue weighted by atomic mass is 10.3. The molecule has 0 bridgehead atoms. The molecule has 0 amide bonds. The van der Waals surface area contributed by atoms with E-state index in [9.17, 15) is 10.2 Å². The summed E-state index contributed by atoms with van der Waals surface area (Å²) in [6.07, 6.45) is 2.47. The van der Waals surface area contributed by atoms with Gasteiger partial charge in [0.1, 0.15) is 5.69 Å². The summed E-state index contributed by atoms with van der Waals surface area (Å²) in [5.74, 6) is 0. The molecule has 2 N–H and O–H groups in total. The van der Waals surface area contributed by atoms with Crippen LogP contribution in [-0.2, 0) is 11.3 Å². The van der Waals surface area contributed by atoms with Crippen LogP contribution in [0.5, 0.6) is 0 Å².